The number of carbonyl (C=O) groups is 2. The Kier molecular flexibility index (Phi) is 5.52. The zero-order valence-corrected chi connectivity index (χ0v) is 12.2. The number of benzene rings is 2. The predicted molar refractivity (Wildman–Crippen MR) is 83.6 cm³/mol. The summed E-state index contributed by atoms with van der Waals surface area (Å²) in [6.45, 7) is -0.0608. The van der Waals surface area contributed by atoms with Crippen molar-refractivity contribution in [2.75, 3.05) is 6.54 Å². The molecule has 21 heavy (non-hydrogen) atoms. The summed E-state index contributed by atoms with van der Waals surface area (Å²) in [4.78, 5) is 23.8. The van der Waals surface area contributed by atoms with Crippen LogP contribution in [0.2, 0.25) is 0 Å². The summed E-state index contributed by atoms with van der Waals surface area (Å²) in [5, 5.41) is 1.96. The first-order valence-corrected chi connectivity index (χ1v) is 7.14. The fourth-order valence-electron chi connectivity index (χ4n) is 1.90. The van der Waals surface area contributed by atoms with Crippen LogP contribution in [-0.2, 0) is 11.2 Å². The lowest BCUT2D eigenvalue weighted by Crippen LogP contribution is -2.34. The largest absolute Gasteiger partial charge is 0.345 e. The Hall–Kier alpha value is -2.13. The van der Waals surface area contributed by atoms with Crippen LogP contribution in [0.3, 0.4) is 0 Å². The molecule has 0 saturated carbocycles. The van der Waals surface area contributed by atoms with Gasteiger partial charge in [0.05, 0.1) is 11.9 Å². The number of ketones is 1. The van der Waals surface area contributed by atoms with E-state index >= 15 is 0 Å². The van der Waals surface area contributed by atoms with Crippen LogP contribution in [-0.4, -0.2) is 23.6 Å². The second kappa shape index (κ2) is 7.60. The van der Waals surface area contributed by atoms with E-state index in [4.69, 9.17) is 11.6 Å². The van der Waals surface area contributed by atoms with E-state index in [0.29, 0.717) is 12.0 Å². The average Bonchev–Trinajstić information content (AvgIpc) is 2.54. The van der Waals surface area contributed by atoms with Crippen LogP contribution in [0.15, 0.2) is 60.7 Å². The Balaban J connectivity index is 1.83. The van der Waals surface area contributed by atoms with E-state index in [-0.39, 0.29) is 18.2 Å². The average molecular weight is 302 g/mol. The minimum atomic E-state index is -0.636. The van der Waals surface area contributed by atoms with E-state index in [1.54, 1.807) is 24.3 Å². The predicted octanol–water partition coefficient (Wildman–Crippen LogP) is 2.84. The van der Waals surface area contributed by atoms with Gasteiger partial charge in [-0.15, -0.1) is 11.6 Å². The molecule has 0 fully saturated rings. The molecule has 3 nitrogen and oxygen atoms in total. The smallest absolute Gasteiger partial charge is 0.251 e. The number of carbonyl (C=O) groups excluding carboxylic acids is 2. The van der Waals surface area contributed by atoms with Crippen LogP contribution in [0.25, 0.3) is 0 Å². The number of alkyl halides is 1. The molecule has 1 amide bonds. The van der Waals surface area contributed by atoms with Crippen molar-refractivity contribution < 1.29 is 9.59 Å². The maximum Gasteiger partial charge on any atom is 0.251 e. The van der Waals surface area contributed by atoms with E-state index in [2.05, 4.69) is 5.32 Å². The highest BCUT2D eigenvalue weighted by Crippen LogP contribution is 2.09. The van der Waals surface area contributed by atoms with Gasteiger partial charge >= 0.3 is 0 Å². The normalized spacial score (nSPS) is 11.7. The van der Waals surface area contributed by atoms with Crippen LogP contribution in [0, 0.1) is 0 Å². The van der Waals surface area contributed by atoms with Gasteiger partial charge in [0.1, 0.15) is 0 Å². The molecule has 108 valence electrons. The van der Waals surface area contributed by atoms with E-state index in [9.17, 15) is 9.59 Å². The van der Waals surface area contributed by atoms with Crippen molar-refractivity contribution in [3.63, 3.8) is 0 Å². The van der Waals surface area contributed by atoms with Gasteiger partial charge in [0.2, 0.25) is 0 Å². The number of amides is 1. The minimum Gasteiger partial charge on any atom is -0.345 e. The maximum atomic E-state index is 11.9. The van der Waals surface area contributed by atoms with Crippen LogP contribution < -0.4 is 5.32 Å². The van der Waals surface area contributed by atoms with Gasteiger partial charge in [-0.05, 0) is 24.1 Å². The summed E-state index contributed by atoms with van der Waals surface area (Å²) in [6.07, 6.45) is 0.461. The Morgan fingerprint density at radius 2 is 1.52 bits per heavy atom. The quantitative estimate of drug-likeness (QED) is 0.834. The zero-order chi connectivity index (χ0) is 15.1. The Morgan fingerprint density at radius 1 is 0.952 bits per heavy atom. The summed E-state index contributed by atoms with van der Waals surface area (Å²) in [6, 6.07) is 18.3. The molecule has 1 unspecified atom stereocenters. The molecule has 2 aromatic carbocycles. The van der Waals surface area contributed by atoms with Gasteiger partial charge in [-0.2, -0.15) is 0 Å². The van der Waals surface area contributed by atoms with Crippen LogP contribution >= 0.6 is 11.6 Å². The lowest BCUT2D eigenvalue weighted by atomic mass is 10.1. The molecular formula is C17H16ClNO2. The lowest BCUT2D eigenvalue weighted by molar-refractivity contribution is -0.117. The zero-order valence-electron chi connectivity index (χ0n) is 11.5. The standard InChI is InChI=1S/C17H16ClNO2/c18-15(11-13-7-3-1-4-8-13)16(20)12-19-17(21)14-9-5-2-6-10-14/h1-10,15H,11-12H2,(H,19,21). The summed E-state index contributed by atoms with van der Waals surface area (Å²) in [5.41, 5.74) is 1.53. The molecule has 0 radical (unpaired) electrons. The molecular weight excluding hydrogens is 286 g/mol. The molecule has 0 saturated heterocycles. The Morgan fingerprint density at radius 3 is 2.14 bits per heavy atom. The Labute approximate surface area is 128 Å². The third-order valence-corrected chi connectivity index (χ3v) is 3.46. The molecule has 0 bridgehead atoms. The highest BCUT2D eigenvalue weighted by molar-refractivity contribution is 6.31. The topological polar surface area (TPSA) is 46.2 Å². The van der Waals surface area contributed by atoms with E-state index in [0.717, 1.165) is 5.56 Å². The first-order chi connectivity index (χ1) is 10.2. The molecule has 0 aliphatic carbocycles. The minimum absolute atomic E-state index is 0.0608. The van der Waals surface area contributed by atoms with Gasteiger partial charge in [0.15, 0.2) is 5.78 Å². The monoisotopic (exact) mass is 301 g/mol. The fraction of sp³-hybridized carbons (Fsp3) is 0.176. The molecule has 2 aromatic rings. The first-order valence-electron chi connectivity index (χ1n) is 6.71. The fourth-order valence-corrected chi connectivity index (χ4v) is 2.16. The van der Waals surface area contributed by atoms with Gasteiger partial charge in [-0.1, -0.05) is 48.5 Å². The molecule has 0 spiro atoms. The van der Waals surface area contributed by atoms with Gasteiger partial charge in [-0.3, -0.25) is 9.59 Å². The number of rotatable bonds is 6. The van der Waals surface area contributed by atoms with Crippen molar-refractivity contribution in [3.05, 3.63) is 71.8 Å². The van der Waals surface area contributed by atoms with Crippen LogP contribution in [0.1, 0.15) is 15.9 Å². The molecule has 0 aliphatic rings. The van der Waals surface area contributed by atoms with Gasteiger partial charge in [-0.25, -0.2) is 0 Å². The number of halogens is 1. The van der Waals surface area contributed by atoms with Crippen molar-refractivity contribution >= 4 is 23.3 Å². The molecule has 0 aromatic heterocycles. The van der Waals surface area contributed by atoms with E-state index in [1.165, 1.54) is 0 Å². The van der Waals surface area contributed by atoms with Crippen molar-refractivity contribution in [1.82, 2.24) is 5.32 Å². The van der Waals surface area contributed by atoms with Gasteiger partial charge in [0.25, 0.3) is 5.91 Å². The first kappa shape index (κ1) is 15.3. The number of nitrogens with one attached hydrogen (secondary N) is 1. The molecule has 0 heterocycles. The van der Waals surface area contributed by atoms with Crippen LogP contribution in [0.5, 0.6) is 0 Å². The maximum absolute atomic E-state index is 11.9. The van der Waals surface area contributed by atoms with Crippen molar-refractivity contribution in [2.45, 2.75) is 11.8 Å². The molecule has 2 rings (SSSR count). The second-order valence-corrected chi connectivity index (χ2v) is 5.20. The summed E-state index contributed by atoms with van der Waals surface area (Å²) >= 11 is 6.09. The molecule has 1 atom stereocenters. The number of hydrogen-bond donors (Lipinski definition) is 1. The molecule has 0 aliphatic heterocycles. The number of hydrogen-bond acceptors (Lipinski definition) is 2. The summed E-state index contributed by atoms with van der Waals surface area (Å²) in [7, 11) is 0. The summed E-state index contributed by atoms with van der Waals surface area (Å²) < 4.78 is 0. The highest BCUT2D eigenvalue weighted by Gasteiger charge is 2.16. The highest BCUT2D eigenvalue weighted by atomic mass is 35.5. The van der Waals surface area contributed by atoms with Crippen molar-refractivity contribution in [3.8, 4) is 0 Å². The number of Topliss-reactive ketones (excluding diaryl/α,β-unsaturated/α-hetero) is 1. The SMILES string of the molecule is O=C(NCC(=O)C(Cl)Cc1ccccc1)c1ccccc1. The van der Waals surface area contributed by atoms with Gasteiger partial charge < -0.3 is 5.32 Å². The lowest BCUT2D eigenvalue weighted by Gasteiger charge is -2.10. The van der Waals surface area contributed by atoms with Crippen molar-refractivity contribution in [2.24, 2.45) is 0 Å². The molecule has 4 heteroatoms. The third-order valence-electron chi connectivity index (χ3n) is 3.07. The van der Waals surface area contributed by atoms with Crippen molar-refractivity contribution in [1.29, 1.82) is 0 Å². The third kappa shape index (κ3) is 4.72. The van der Waals surface area contributed by atoms with Crippen LogP contribution in [0.4, 0.5) is 0 Å². The van der Waals surface area contributed by atoms with Gasteiger partial charge in [0, 0.05) is 5.56 Å². The molecule has 1 N–H and O–H groups in total. The van der Waals surface area contributed by atoms with E-state index < -0.39 is 5.38 Å². The van der Waals surface area contributed by atoms with E-state index in [1.807, 2.05) is 36.4 Å². The second-order valence-electron chi connectivity index (χ2n) is 4.67. The summed E-state index contributed by atoms with van der Waals surface area (Å²) in [5.74, 6) is -0.461. The Bertz CT molecular complexity index is 599.